The Morgan fingerprint density at radius 3 is 2.46 bits per heavy atom. The summed E-state index contributed by atoms with van der Waals surface area (Å²) in [5.41, 5.74) is 1.31. The lowest BCUT2D eigenvalue weighted by molar-refractivity contribution is 0.0841. The normalized spacial score (nSPS) is 16.5. The standard InChI is InChI=1S/C18H18O6/c1-8-16(21)9(2)18-15(17(8)22)13(20)7-14(24-18)10-4-11(19)6-12(5-10)23-3/h4-6,14,19,21-22H,7H2,1-3H3. The number of aromatic hydroxyl groups is 3. The highest BCUT2D eigenvalue weighted by atomic mass is 16.5. The van der Waals surface area contributed by atoms with Crippen LogP contribution in [0.15, 0.2) is 18.2 Å². The van der Waals surface area contributed by atoms with Crippen molar-refractivity contribution in [3.63, 3.8) is 0 Å². The number of Topliss-reactive ketones (excluding diaryl/α,β-unsaturated/α-hetero) is 1. The fraction of sp³-hybridized carbons (Fsp3) is 0.278. The molecule has 1 heterocycles. The van der Waals surface area contributed by atoms with Crippen molar-refractivity contribution in [2.75, 3.05) is 7.11 Å². The first-order chi connectivity index (χ1) is 11.3. The Hall–Kier alpha value is -2.89. The second kappa shape index (κ2) is 5.63. The van der Waals surface area contributed by atoms with Crippen LogP contribution < -0.4 is 9.47 Å². The van der Waals surface area contributed by atoms with Crippen molar-refractivity contribution in [3.8, 4) is 28.7 Å². The maximum absolute atomic E-state index is 12.5. The molecule has 6 heteroatoms. The first-order valence-electron chi connectivity index (χ1n) is 7.46. The van der Waals surface area contributed by atoms with Gasteiger partial charge in [0.25, 0.3) is 0 Å². The molecule has 1 unspecified atom stereocenters. The molecule has 0 aliphatic carbocycles. The van der Waals surface area contributed by atoms with Crippen LogP contribution in [-0.2, 0) is 0 Å². The van der Waals surface area contributed by atoms with Crippen LogP contribution in [0.4, 0.5) is 0 Å². The van der Waals surface area contributed by atoms with Crippen LogP contribution >= 0.6 is 0 Å². The lowest BCUT2D eigenvalue weighted by Crippen LogP contribution is -2.21. The van der Waals surface area contributed by atoms with Crippen LogP contribution in [0.25, 0.3) is 0 Å². The maximum atomic E-state index is 12.5. The van der Waals surface area contributed by atoms with Gasteiger partial charge in [0.15, 0.2) is 5.78 Å². The van der Waals surface area contributed by atoms with E-state index in [0.717, 1.165) is 0 Å². The Morgan fingerprint density at radius 2 is 1.79 bits per heavy atom. The van der Waals surface area contributed by atoms with Crippen LogP contribution in [0, 0.1) is 13.8 Å². The number of ketones is 1. The van der Waals surface area contributed by atoms with Crippen molar-refractivity contribution in [3.05, 3.63) is 40.5 Å². The molecule has 3 N–H and O–H groups in total. The summed E-state index contributed by atoms with van der Waals surface area (Å²) in [5, 5.41) is 30.1. The minimum absolute atomic E-state index is 0.00230. The first-order valence-corrected chi connectivity index (χ1v) is 7.46. The highest BCUT2D eigenvalue weighted by Crippen LogP contribution is 2.47. The summed E-state index contributed by atoms with van der Waals surface area (Å²) in [6.45, 7) is 3.16. The lowest BCUT2D eigenvalue weighted by Gasteiger charge is -2.28. The van der Waals surface area contributed by atoms with Gasteiger partial charge in [-0.15, -0.1) is 0 Å². The Kier molecular flexibility index (Phi) is 3.75. The van der Waals surface area contributed by atoms with Crippen LogP contribution in [-0.4, -0.2) is 28.2 Å². The van der Waals surface area contributed by atoms with E-state index < -0.39 is 6.10 Å². The smallest absolute Gasteiger partial charge is 0.174 e. The van der Waals surface area contributed by atoms with Gasteiger partial charge in [-0.1, -0.05) is 0 Å². The molecule has 1 atom stereocenters. The fourth-order valence-electron chi connectivity index (χ4n) is 2.94. The van der Waals surface area contributed by atoms with Gasteiger partial charge in [0.2, 0.25) is 0 Å². The topological polar surface area (TPSA) is 96.2 Å². The lowest BCUT2D eigenvalue weighted by atomic mass is 9.91. The second-order valence-electron chi connectivity index (χ2n) is 5.85. The Morgan fingerprint density at radius 1 is 1.08 bits per heavy atom. The van der Waals surface area contributed by atoms with Crippen molar-refractivity contribution in [2.24, 2.45) is 0 Å². The van der Waals surface area contributed by atoms with Gasteiger partial charge in [0.1, 0.15) is 40.4 Å². The molecule has 0 saturated heterocycles. The molecular formula is C18H18O6. The van der Waals surface area contributed by atoms with Crippen molar-refractivity contribution in [2.45, 2.75) is 26.4 Å². The minimum atomic E-state index is -0.647. The van der Waals surface area contributed by atoms with Gasteiger partial charge in [0, 0.05) is 22.8 Å². The summed E-state index contributed by atoms with van der Waals surface area (Å²) >= 11 is 0. The van der Waals surface area contributed by atoms with Crippen molar-refractivity contribution < 1.29 is 29.6 Å². The van der Waals surface area contributed by atoms with Crippen molar-refractivity contribution in [1.82, 2.24) is 0 Å². The number of rotatable bonds is 2. The predicted octanol–water partition coefficient (Wildman–Crippen LogP) is 3.14. The molecule has 24 heavy (non-hydrogen) atoms. The summed E-state index contributed by atoms with van der Waals surface area (Å²) in [7, 11) is 1.48. The number of phenols is 3. The summed E-state index contributed by atoms with van der Waals surface area (Å²) in [4.78, 5) is 12.5. The van der Waals surface area contributed by atoms with Crippen LogP contribution in [0.2, 0.25) is 0 Å². The molecule has 1 aliphatic heterocycles. The zero-order valence-electron chi connectivity index (χ0n) is 13.6. The number of methoxy groups -OCH3 is 1. The number of hydrogen-bond acceptors (Lipinski definition) is 6. The van der Waals surface area contributed by atoms with E-state index in [1.807, 2.05) is 0 Å². The largest absolute Gasteiger partial charge is 0.508 e. The third-order valence-corrected chi connectivity index (χ3v) is 4.30. The van der Waals surface area contributed by atoms with Crippen molar-refractivity contribution in [1.29, 1.82) is 0 Å². The third kappa shape index (κ3) is 2.40. The van der Waals surface area contributed by atoms with Gasteiger partial charge in [-0.25, -0.2) is 0 Å². The molecule has 2 aromatic carbocycles. The van der Waals surface area contributed by atoms with E-state index in [1.54, 1.807) is 13.0 Å². The molecule has 0 radical (unpaired) electrons. The van der Waals surface area contributed by atoms with Crippen LogP contribution in [0.3, 0.4) is 0 Å². The van der Waals surface area contributed by atoms with Gasteiger partial charge < -0.3 is 24.8 Å². The zero-order chi connectivity index (χ0) is 17.6. The van der Waals surface area contributed by atoms with Gasteiger partial charge in [-0.3, -0.25) is 4.79 Å². The monoisotopic (exact) mass is 330 g/mol. The minimum Gasteiger partial charge on any atom is -0.508 e. The van der Waals surface area contributed by atoms with Crippen LogP contribution in [0.5, 0.6) is 28.7 Å². The highest BCUT2D eigenvalue weighted by molar-refractivity contribution is 6.03. The molecule has 0 amide bonds. The second-order valence-corrected chi connectivity index (χ2v) is 5.85. The number of ether oxygens (including phenoxy) is 2. The molecule has 3 rings (SSSR count). The summed E-state index contributed by atoms with van der Waals surface area (Å²) in [6.07, 6.45) is -0.636. The van der Waals surface area contributed by atoms with Crippen molar-refractivity contribution >= 4 is 5.78 Å². The number of carbonyl (C=O) groups excluding carboxylic acids is 1. The van der Waals surface area contributed by atoms with Gasteiger partial charge >= 0.3 is 0 Å². The van der Waals surface area contributed by atoms with E-state index in [4.69, 9.17) is 9.47 Å². The molecule has 126 valence electrons. The molecule has 0 bridgehead atoms. The Balaban J connectivity index is 2.10. The zero-order valence-corrected chi connectivity index (χ0v) is 13.6. The number of benzene rings is 2. The van der Waals surface area contributed by atoms with E-state index in [2.05, 4.69) is 0 Å². The molecule has 6 nitrogen and oxygen atoms in total. The van der Waals surface area contributed by atoms with Gasteiger partial charge in [-0.2, -0.15) is 0 Å². The van der Waals surface area contributed by atoms with Gasteiger partial charge in [-0.05, 0) is 26.0 Å². The first kappa shape index (κ1) is 16.0. The molecule has 0 fully saturated rings. The average molecular weight is 330 g/mol. The van der Waals surface area contributed by atoms with Gasteiger partial charge in [0.05, 0.1) is 13.5 Å². The average Bonchev–Trinajstić information content (AvgIpc) is 2.56. The van der Waals surface area contributed by atoms with E-state index in [0.29, 0.717) is 16.9 Å². The number of carbonyl (C=O) groups is 1. The van der Waals surface area contributed by atoms with E-state index in [1.165, 1.54) is 26.2 Å². The summed E-state index contributed by atoms with van der Waals surface area (Å²) < 4.78 is 11.0. The summed E-state index contributed by atoms with van der Waals surface area (Å²) in [6, 6.07) is 4.62. The number of hydrogen-bond donors (Lipinski definition) is 3. The SMILES string of the molecule is COc1cc(O)cc(C2CC(=O)c3c(O)c(C)c(O)c(C)c3O2)c1. The quantitative estimate of drug-likeness (QED) is 0.783. The fourth-order valence-corrected chi connectivity index (χ4v) is 2.94. The highest BCUT2D eigenvalue weighted by Gasteiger charge is 2.34. The van der Waals surface area contributed by atoms with E-state index in [-0.39, 0.29) is 46.3 Å². The maximum Gasteiger partial charge on any atom is 0.174 e. The van der Waals surface area contributed by atoms with Crippen LogP contribution in [0.1, 0.15) is 39.6 Å². The Bertz CT molecular complexity index is 840. The number of fused-ring (bicyclic) bond motifs is 1. The van der Waals surface area contributed by atoms with E-state index in [9.17, 15) is 20.1 Å². The Labute approximate surface area is 138 Å². The molecule has 1 aliphatic rings. The predicted molar refractivity (Wildman–Crippen MR) is 86.2 cm³/mol. The molecule has 0 aromatic heterocycles. The molecule has 0 saturated carbocycles. The molecule has 2 aromatic rings. The van der Waals surface area contributed by atoms with E-state index >= 15 is 0 Å². The number of phenolic OH excluding ortho intramolecular Hbond substituents is 3. The molecular weight excluding hydrogens is 312 g/mol. The summed E-state index contributed by atoms with van der Waals surface area (Å²) in [5.74, 6) is -0.0414. The molecule has 0 spiro atoms. The third-order valence-electron chi connectivity index (χ3n) is 4.30.